The van der Waals surface area contributed by atoms with Crippen molar-refractivity contribution in [3.8, 4) is 5.75 Å². The fourth-order valence-corrected chi connectivity index (χ4v) is 5.57. The van der Waals surface area contributed by atoms with Gasteiger partial charge in [0.25, 0.3) is 5.56 Å². The van der Waals surface area contributed by atoms with E-state index in [1.54, 1.807) is 42.5 Å². The van der Waals surface area contributed by atoms with Crippen LogP contribution < -0.4 is 26.6 Å². The van der Waals surface area contributed by atoms with Gasteiger partial charge in [-0.1, -0.05) is 48.5 Å². The van der Waals surface area contributed by atoms with Gasteiger partial charge in [-0.15, -0.1) is 0 Å². The summed E-state index contributed by atoms with van der Waals surface area (Å²) in [6.45, 7) is 2.42. The number of rotatable bonds is 11. The van der Waals surface area contributed by atoms with Crippen LogP contribution in [0.25, 0.3) is 0 Å². The smallest absolute Gasteiger partial charge is 0.459 e. The third-order valence-corrected chi connectivity index (χ3v) is 7.88. The Balaban J connectivity index is 1.48. The van der Waals surface area contributed by atoms with E-state index >= 15 is 0 Å². The first-order chi connectivity index (χ1) is 19.0. The molecule has 1 aliphatic rings. The Morgan fingerprint density at radius 1 is 1.18 bits per heavy atom. The second kappa shape index (κ2) is 12.3. The maximum atomic E-state index is 13.8. The average Bonchev–Trinajstić information content (AvgIpc) is 3.15. The number of aliphatic hydroxyl groups is 1. The van der Waals surface area contributed by atoms with E-state index in [1.807, 2.05) is 18.2 Å². The molecule has 2 aromatic carbocycles. The molecule has 0 saturated carbocycles. The van der Waals surface area contributed by atoms with Crippen LogP contribution in [0.4, 0.5) is 0 Å². The van der Waals surface area contributed by atoms with E-state index in [0.29, 0.717) is 0 Å². The summed E-state index contributed by atoms with van der Waals surface area (Å²) in [5.74, 6) is -0.508. The van der Waals surface area contributed by atoms with Crippen molar-refractivity contribution in [1.82, 2.24) is 14.6 Å². The first kappa shape index (κ1) is 29.4. The lowest BCUT2D eigenvalue weighted by atomic mass is 9.93. The van der Waals surface area contributed by atoms with Crippen LogP contribution in [0.2, 0.25) is 0 Å². The topological polar surface area (TPSA) is 184 Å². The van der Waals surface area contributed by atoms with Gasteiger partial charge in [-0.25, -0.2) is 9.36 Å². The van der Waals surface area contributed by atoms with Crippen LogP contribution in [0.15, 0.2) is 82.5 Å². The predicted octanol–water partition coefficient (Wildman–Crippen LogP) is 1.44. The van der Waals surface area contributed by atoms with Crippen LogP contribution in [-0.2, 0) is 30.0 Å². The summed E-state index contributed by atoms with van der Waals surface area (Å²) in [7, 11) is -4.27. The molecule has 1 fully saturated rings. The second-order valence-electron chi connectivity index (χ2n) is 9.50. The molecule has 1 saturated heterocycles. The average molecular weight is 575 g/mol. The van der Waals surface area contributed by atoms with Gasteiger partial charge >= 0.3 is 19.4 Å². The summed E-state index contributed by atoms with van der Waals surface area (Å²) < 4.78 is 37.2. The number of benzene rings is 2. The molecular weight excluding hydrogens is 543 g/mol. The summed E-state index contributed by atoms with van der Waals surface area (Å²) in [4.78, 5) is 38.5. The van der Waals surface area contributed by atoms with Gasteiger partial charge in [0.05, 0.1) is 12.1 Å². The maximum Gasteiger partial charge on any atom is 0.459 e. The molecule has 40 heavy (non-hydrogen) atoms. The van der Waals surface area contributed by atoms with Crippen LogP contribution in [0.5, 0.6) is 5.75 Å². The third kappa shape index (κ3) is 6.94. The molecule has 13 nitrogen and oxygen atoms in total. The van der Waals surface area contributed by atoms with Crippen molar-refractivity contribution in [3.05, 3.63) is 99.3 Å². The normalized spacial score (nSPS) is 24.6. The molecule has 0 amide bonds. The Morgan fingerprint density at radius 2 is 1.82 bits per heavy atom. The number of hydrogen-bond acceptors (Lipinski definition) is 10. The highest BCUT2D eigenvalue weighted by Gasteiger charge is 2.52. The molecule has 1 aliphatic heterocycles. The Labute approximate surface area is 229 Å². The minimum Gasteiger partial charge on any atom is -0.460 e. The fourth-order valence-electron chi connectivity index (χ4n) is 4.07. The molecule has 1 aromatic heterocycles. The Morgan fingerprint density at radius 3 is 2.48 bits per heavy atom. The van der Waals surface area contributed by atoms with Gasteiger partial charge < -0.3 is 24.8 Å². The van der Waals surface area contributed by atoms with Gasteiger partial charge in [-0.05, 0) is 31.5 Å². The molecule has 0 radical (unpaired) electrons. The molecule has 0 aliphatic carbocycles. The summed E-state index contributed by atoms with van der Waals surface area (Å²) >= 11 is 0. The predicted molar refractivity (Wildman–Crippen MR) is 143 cm³/mol. The van der Waals surface area contributed by atoms with E-state index in [1.165, 1.54) is 20.0 Å². The number of aromatic nitrogens is 2. The molecule has 0 bridgehead atoms. The van der Waals surface area contributed by atoms with Crippen molar-refractivity contribution in [2.75, 3.05) is 6.61 Å². The zero-order valence-corrected chi connectivity index (χ0v) is 22.7. The van der Waals surface area contributed by atoms with Crippen molar-refractivity contribution in [2.45, 2.75) is 50.5 Å². The lowest BCUT2D eigenvalue weighted by Crippen LogP contribution is -2.53. The van der Waals surface area contributed by atoms with Crippen molar-refractivity contribution in [2.24, 2.45) is 5.73 Å². The lowest BCUT2D eigenvalue weighted by molar-refractivity contribution is -0.146. The van der Waals surface area contributed by atoms with Gasteiger partial charge in [0.15, 0.2) is 6.23 Å². The van der Waals surface area contributed by atoms with E-state index in [9.17, 15) is 24.1 Å². The molecule has 6 atom stereocenters. The highest BCUT2D eigenvalue weighted by molar-refractivity contribution is 7.52. The SMILES string of the molecule is C[C@H](NP(=O)(OC[C@H]1O[C@@H](n2ccc(=O)[nH]c2=O)[C@](C)(N)[C@@H]1O)Oc1ccccc1)C(=O)OCc1ccccc1. The van der Waals surface area contributed by atoms with Gasteiger partial charge in [-0.2, -0.15) is 5.09 Å². The van der Waals surface area contributed by atoms with Crippen LogP contribution in [-0.4, -0.2) is 51.0 Å². The van der Waals surface area contributed by atoms with Gasteiger partial charge in [-0.3, -0.25) is 23.7 Å². The third-order valence-electron chi connectivity index (χ3n) is 6.24. The number of H-pyrrole nitrogens is 1. The number of ether oxygens (including phenoxy) is 2. The number of aromatic amines is 1. The molecule has 2 heterocycles. The van der Waals surface area contributed by atoms with Gasteiger partial charge in [0.1, 0.15) is 30.6 Å². The van der Waals surface area contributed by atoms with E-state index in [4.69, 9.17) is 24.3 Å². The molecular formula is C26H31N4O9P. The van der Waals surface area contributed by atoms with Gasteiger partial charge in [0.2, 0.25) is 0 Å². The number of nitrogens with one attached hydrogen (secondary N) is 2. The number of nitrogens with two attached hydrogens (primary N) is 1. The van der Waals surface area contributed by atoms with Gasteiger partial charge in [0, 0.05) is 12.3 Å². The first-order valence-corrected chi connectivity index (χ1v) is 13.9. The molecule has 14 heteroatoms. The number of carbonyl (C=O) groups is 1. The minimum absolute atomic E-state index is 0.0130. The molecule has 5 N–H and O–H groups in total. The first-order valence-electron chi connectivity index (χ1n) is 12.4. The number of para-hydroxylation sites is 1. The molecule has 1 unspecified atom stereocenters. The van der Waals surface area contributed by atoms with E-state index in [0.717, 1.165) is 16.2 Å². The highest BCUT2D eigenvalue weighted by Crippen LogP contribution is 2.46. The zero-order chi connectivity index (χ0) is 28.9. The van der Waals surface area contributed by atoms with E-state index in [2.05, 4.69) is 10.1 Å². The summed E-state index contributed by atoms with van der Waals surface area (Å²) in [5, 5.41) is 13.5. The molecule has 0 spiro atoms. The fraction of sp³-hybridized carbons (Fsp3) is 0.346. The molecule has 214 valence electrons. The Bertz CT molecular complexity index is 1460. The highest BCUT2D eigenvalue weighted by atomic mass is 31.2. The van der Waals surface area contributed by atoms with Crippen molar-refractivity contribution >= 4 is 13.7 Å². The number of esters is 1. The zero-order valence-electron chi connectivity index (χ0n) is 21.8. The van der Waals surface area contributed by atoms with E-state index < -0.39 is 61.6 Å². The monoisotopic (exact) mass is 574 g/mol. The van der Waals surface area contributed by atoms with Crippen LogP contribution in [0.1, 0.15) is 25.6 Å². The van der Waals surface area contributed by atoms with Crippen LogP contribution in [0.3, 0.4) is 0 Å². The lowest BCUT2D eigenvalue weighted by Gasteiger charge is -2.28. The second-order valence-corrected chi connectivity index (χ2v) is 11.2. The molecule has 3 aromatic rings. The van der Waals surface area contributed by atoms with Crippen LogP contribution in [0, 0.1) is 0 Å². The number of aliphatic hydroxyl groups excluding tert-OH is 1. The van der Waals surface area contributed by atoms with Crippen molar-refractivity contribution in [1.29, 1.82) is 0 Å². The quantitative estimate of drug-likeness (QED) is 0.192. The minimum atomic E-state index is -4.27. The molecule has 4 rings (SSSR count). The number of nitrogens with zero attached hydrogens (tertiary/aromatic N) is 1. The Hall–Kier alpha value is -3.58. The number of hydrogen-bond donors (Lipinski definition) is 4. The van der Waals surface area contributed by atoms with E-state index in [-0.39, 0.29) is 12.4 Å². The summed E-state index contributed by atoms with van der Waals surface area (Å²) in [5.41, 5.74) is 4.18. The summed E-state index contributed by atoms with van der Waals surface area (Å²) in [6.07, 6.45) is -2.53. The van der Waals surface area contributed by atoms with Crippen molar-refractivity contribution in [3.63, 3.8) is 0 Å². The van der Waals surface area contributed by atoms with Crippen LogP contribution >= 0.6 is 7.75 Å². The number of carbonyl (C=O) groups excluding carboxylic acids is 1. The maximum absolute atomic E-state index is 13.8. The Kier molecular flexibility index (Phi) is 9.04. The standard InChI is InChI=1S/C26H31N4O9P/c1-17(23(33)36-15-18-9-5-3-6-10-18)29-40(35,39-19-11-7-4-8-12-19)37-16-20-22(32)26(2,27)24(38-20)30-14-13-21(31)28-25(30)34/h3-14,17,20,22,24,32H,15-16,27H2,1-2H3,(H,29,35)(H,28,31,34)/t17-,20+,22+,24+,26+,40?/m0/s1. The van der Waals surface area contributed by atoms with Crippen molar-refractivity contribution < 1.29 is 33.0 Å². The largest absolute Gasteiger partial charge is 0.460 e. The summed E-state index contributed by atoms with van der Waals surface area (Å²) in [6, 6.07) is 17.2.